The maximum atomic E-state index is 12.4. The third kappa shape index (κ3) is 6.11. The molecule has 0 fully saturated rings. The molecule has 1 unspecified atom stereocenters. The number of hydrogen-bond donors (Lipinski definition) is 1. The van der Waals surface area contributed by atoms with Crippen LogP contribution in [0.2, 0.25) is 0 Å². The number of halogens is 2. The van der Waals surface area contributed by atoms with Crippen molar-refractivity contribution in [2.45, 2.75) is 26.1 Å². The lowest BCUT2D eigenvalue weighted by Crippen LogP contribution is -2.39. The van der Waals surface area contributed by atoms with Gasteiger partial charge in [-0.2, -0.15) is 8.78 Å². The van der Waals surface area contributed by atoms with Gasteiger partial charge in [-0.25, -0.2) is 0 Å². The Hall–Kier alpha value is -3.27. The highest BCUT2D eigenvalue weighted by molar-refractivity contribution is 5.94. The zero-order valence-corrected chi connectivity index (χ0v) is 16.1. The van der Waals surface area contributed by atoms with E-state index in [0.29, 0.717) is 12.2 Å². The molecule has 10 heteroatoms. The van der Waals surface area contributed by atoms with E-state index in [1.807, 2.05) is 0 Å². The predicted octanol–water partition coefficient (Wildman–Crippen LogP) is 3.66. The molecule has 0 radical (unpaired) electrons. The van der Waals surface area contributed by atoms with Gasteiger partial charge in [0.1, 0.15) is 0 Å². The van der Waals surface area contributed by atoms with Crippen molar-refractivity contribution in [2.24, 2.45) is 0 Å². The van der Waals surface area contributed by atoms with Gasteiger partial charge in [-0.15, -0.1) is 0 Å². The van der Waals surface area contributed by atoms with E-state index >= 15 is 0 Å². The lowest BCUT2D eigenvalue weighted by molar-refractivity contribution is -0.384. The zero-order chi connectivity index (χ0) is 21.6. The Balaban J connectivity index is 2.01. The number of nitrogens with one attached hydrogen (secondary N) is 1. The van der Waals surface area contributed by atoms with Gasteiger partial charge in [0.2, 0.25) is 5.91 Å². The van der Waals surface area contributed by atoms with Crippen LogP contribution in [0, 0.1) is 10.1 Å². The normalized spacial score (nSPS) is 12.0. The van der Waals surface area contributed by atoms with Crippen LogP contribution in [0.1, 0.15) is 12.5 Å². The van der Waals surface area contributed by atoms with Gasteiger partial charge in [-0.05, 0) is 43.8 Å². The van der Waals surface area contributed by atoms with Crippen molar-refractivity contribution in [1.82, 2.24) is 4.90 Å². The fourth-order valence-corrected chi connectivity index (χ4v) is 2.54. The van der Waals surface area contributed by atoms with E-state index in [1.165, 1.54) is 37.4 Å². The number of benzene rings is 2. The number of carbonyl (C=O) groups excluding carboxylic acids is 1. The number of methoxy groups -OCH3 is 1. The summed E-state index contributed by atoms with van der Waals surface area (Å²) in [4.78, 5) is 24.4. The Morgan fingerprint density at radius 1 is 1.21 bits per heavy atom. The second-order valence-corrected chi connectivity index (χ2v) is 6.25. The van der Waals surface area contributed by atoms with Crippen molar-refractivity contribution < 1.29 is 28.0 Å². The van der Waals surface area contributed by atoms with E-state index in [9.17, 15) is 23.7 Å². The molecule has 8 nitrogen and oxygen atoms in total. The topological polar surface area (TPSA) is 93.9 Å². The molecular weight excluding hydrogens is 388 g/mol. The molecular formula is C19H21F2N3O5. The average molecular weight is 409 g/mol. The number of anilines is 1. The Morgan fingerprint density at radius 3 is 2.41 bits per heavy atom. The SMILES string of the molecule is COc1cc(CN(C)C(C)C(=O)Nc2ccc([N+](=O)[O-])cc2)ccc1OC(F)F. The Morgan fingerprint density at radius 2 is 1.86 bits per heavy atom. The molecule has 0 aliphatic rings. The number of amides is 1. The summed E-state index contributed by atoms with van der Waals surface area (Å²) in [5.74, 6) is -0.206. The first-order chi connectivity index (χ1) is 13.7. The summed E-state index contributed by atoms with van der Waals surface area (Å²) in [6, 6.07) is 9.54. The first-order valence-corrected chi connectivity index (χ1v) is 8.58. The second kappa shape index (κ2) is 9.78. The van der Waals surface area contributed by atoms with Gasteiger partial charge in [0.25, 0.3) is 5.69 Å². The summed E-state index contributed by atoms with van der Waals surface area (Å²) in [7, 11) is 3.08. The van der Waals surface area contributed by atoms with Crippen LogP contribution in [0.25, 0.3) is 0 Å². The molecule has 0 aliphatic heterocycles. The van der Waals surface area contributed by atoms with Gasteiger partial charge < -0.3 is 14.8 Å². The number of alkyl halides is 2. The smallest absolute Gasteiger partial charge is 0.387 e. The predicted molar refractivity (Wildman–Crippen MR) is 102 cm³/mol. The quantitative estimate of drug-likeness (QED) is 0.502. The number of hydrogen-bond acceptors (Lipinski definition) is 6. The number of likely N-dealkylation sites (N-methyl/N-ethyl adjacent to an activating group) is 1. The van der Waals surface area contributed by atoms with Crippen molar-refractivity contribution in [3.05, 3.63) is 58.1 Å². The van der Waals surface area contributed by atoms with Crippen molar-refractivity contribution in [1.29, 1.82) is 0 Å². The largest absolute Gasteiger partial charge is 0.493 e. The van der Waals surface area contributed by atoms with E-state index < -0.39 is 17.6 Å². The van der Waals surface area contributed by atoms with Gasteiger partial charge in [0.15, 0.2) is 11.5 Å². The number of non-ortho nitro benzene ring substituents is 1. The molecule has 0 saturated carbocycles. The molecule has 1 N–H and O–H groups in total. The Labute approximate surface area is 166 Å². The van der Waals surface area contributed by atoms with Gasteiger partial charge in [-0.1, -0.05) is 6.07 Å². The average Bonchev–Trinajstić information content (AvgIpc) is 2.68. The van der Waals surface area contributed by atoms with Crippen molar-refractivity contribution in [2.75, 3.05) is 19.5 Å². The lowest BCUT2D eigenvalue weighted by Gasteiger charge is -2.24. The first-order valence-electron chi connectivity index (χ1n) is 8.58. The van der Waals surface area contributed by atoms with Gasteiger partial charge >= 0.3 is 6.61 Å². The lowest BCUT2D eigenvalue weighted by atomic mass is 10.1. The van der Waals surface area contributed by atoms with E-state index in [-0.39, 0.29) is 23.1 Å². The molecule has 0 aromatic heterocycles. The summed E-state index contributed by atoms with van der Waals surface area (Å²) < 4.78 is 34.3. The Bertz CT molecular complexity index is 861. The number of rotatable bonds is 9. The fourth-order valence-electron chi connectivity index (χ4n) is 2.54. The number of ether oxygens (including phenoxy) is 2. The number of nitro groups is 1. The fraction of sp³-hybridized carbons (Fsp3) is 0.316. The molecule has 2 aromatic rings. The highest BCUT2D eigenvalue weighted by Crippen LogP contribution is 2.30. The van der Waals surface area contributed by atoms with Crippen LogP contribution in [0.5, 0.6) is 11.5 Å². The highest BCUT2D eigenvalue weighted by Gasteiger charge is 2.19. The van der Waals surface area contributed by atoms with E-state index in [2.05, 4.69) is 10.1 Å². The van der Waals surface area contributed by atoms with Crippen molar-refractivity contribution in [3.63, 3.8) is 0 Å². The van der Waals surface area contributed by atoms with E-state index in [1.54, 1.807) is 31.0 Å². The third-order valence-corrected chi connectivity index (χ3v) is 4.26. The number of carbonyl (C=O) groups is 1. The monoisotopic (exact) mass is 409 g/mol. The minimum atomic E-state index is -2.96. The maximum Gasteiger partial charge on any atom is 0.387 e. The summed E-state index contributed by atoms with van der Waals surface area (Å²) in [6.07, 6.45) is 0. The minimum Gasteiger partial charge on any atom is -0.493 e. The molecule has 1 amide bonds. The van der Waals surface area contributed by atoms with Gasteiger partial charge in [-0.3, -0.25) is 19.8 Å². The molecule has 0 bridgehead atoms. The summed E-state index contributed by atoms with van der Waals surface area (Å²) in [6.45, 7) is -0.910. The van der Waals surface area contributed by atoms with Crippen LogP contribution in [0.4, 0.5) is 20.2 Å². The van der Waals surface area contributed by atoms with Gasteiger partial charge in [0, 0.05) is 24.4 Å². The third-order valence-electron chi connectivity index (χ3n) is 4.26. The van der Waals surface area contributed by atoms with E-state index in [4.69, 9.17) is 4.74 Å². The number of nitro benzene ring substituents is 1. The summed E-state index contributed by atoms with van der Waals surface area (Å²) in [5.41, 5.74) is 1.11. The van der Waals surface area contributed by atoms with Crippen LogP contribution in [0.15, 0.2) is 42.5 Å². The second-order valence-electron chi connectivity index (χ2n) is 6.25. The van der Waals surface area contributed by atoms with Crippen LogP contribution in [0.3, 0.4) is 0 Å². The van der Waals surface area contributed by atoms with Crippen LogP contribution in [-0.2, 0) is 11.3 Å². The van der Waals surface area contributed by atoms with Gasteiger partial charge in [0.05, 0.1) is 18.1 Å². The van der Waals surface area contributed by atoms with E-state index in [0.717, 1.165) is 5.56 Å². The highest BCUT2D eigenvalue weighted by atomic mass is 19.3. The molecule has 0 aliphatic carbocycles. The molecule has 0 saturated heterocycles. The molecule has 2 aromatic carbocycles. The molecule has 29 heavy (non-hydrogen) atoms. The van der Waals surface area contributed by atoms with Crippen LogP contribution >= 0.6 is 0 Å². The standard InChI is InChI=1S/C19H21F2N3O5/c1-12(18(25)22-14-5-7-15(8-6-14)24(26)27)23(2)11-13-4-9-16(29-19(20)21)17(10-13)28-3/h4-10,12,19H,11H2,1-3H3,(H,22,25). The molecule has 0 spiro atoms. The van der Waals surface area contributed by atoms with Crippen molar-refractivity contribution in [3.8, 4) is 11.5 Å². The van der Waals surface area contributed by atoms with Crippen LogP contribution in [-0.4, -0.2) is 42.5 Å². The molecule has 2 rings (SSSR count). The molecule has 0 heterocycles. The number of nitrogens with zero attached hydrogens (tertiary/aromatic N) is 2. The maximum absolute atomic E-state index is 12.4. The van der Waals surface area contributed by atoms with Crippen LogP contribution < -0.4 is 14.8 Å². The first kappa shape index (κ1) is 22.0. The Kier molecular flexibility index (Phi) is 7.43. The van der Waals surface area contributed by atoms with Crippen molar-refractivity contribution >= 4 is 17.3 Å². The zero-order valence-electron chi connectivity index (χ0n) is 16.1. The molecule has 156 valence electrons. The summed E-state index contributed by atoms with van der Waals surface area (Å²) >= 11 is 0. The minimum absolute atomic E-state index is 0.0682. The summed E-state index contributed by atoms with van der Waals surface area (Å²) in [5, 5.41) is 13.4. The molecule has 1 atom stereocenters.